The summed E-state index contributed by atoms with van der Waals surface area (Å²) in [6.45, 7) is 2.51. The number of benzene rings is 1. The monoisotopic (exact) mass is 330 g/mol. The molecule has 120 valence electrons. The van der Waals surface area contributed by atoms with Crippen molar-refractivity contribution >= 4 is 28.4 Å². The van der Waals surface area contributed by atoms with Gasteiger partial charge in [0, 0.05) is 41.5 Å². The maximum atomic E-state index is 11.9. The van der Waals surface area contributed by atoms with E-state index in [-0.39, 0.29) is 5.91 Å². The Morgan fingerprint density at radius 3 is 2.91 bits per heavy atom. The molecule has 0 aliphatic rings. The van der Waals surface area contributed by atoms with Gasteiger partial charge in [-0.2, -0.15) is 0 Å². The molecule has 1 amide bonds. The molecule has 2 heterocycles. The number of aromatic amines is 1. The molecule has 0 fully saturated rings. The Morgan fingerprint density at radius 2 is 2.13 bits per heavy atom. The molecule has 0 unspecified atom stereocenters. The number of nitrogens with one attached hydrogen (secondary N) is 2. The van der Waals surface area contributed by atoms with Crippen molar-refractivity contribution in [3.8, 4) is 0 Å². The molecule has 0 atom stereocenters. The molecule has 3 aromatic rings. The number of hydrogen-bond donors (Lipinski definition) is 2. The number of rotatable bonds is 6. The molecule has 0 bridgehead atoms. The van der Waals surface area contributed by atoms with Crippen molar-refractivity contribution in [2.45, 2.75) is 26.2 Å². The van der Waals surface area contributed by atoms with Crippen LogP contribution in [0.2, 0.25) is 5.02 Å². The Hall–Kier alpha value is -2.20. The van der Waals surface area contributed by atoms with E-state index in [4.69, 9.17) is 16.0 Å². The van der Waals surface area contributed by atoms with Crippen LogP contribution in [0.25, 0.3) is 10.9 Å². The van der Waals surface area contributed by atoms with Crippen molar-refractivity contribution in [2.24, 2.45) is 0 Å². The largest absolute Gasteiger partial charge is 0.466 e. The Balaban J connectivity index is 1.48. The summed E-state index contributed by atoms with van der Waals surface area (Å²) in [5, 5.41) is 4.78. The molecule has 4 nitrogen and oxygen atoms in total. The second-order valence-electron chi connectivity index (χ2n) is 5.62. The van der Waals surface area contributed by atoms with Gasteiger partial charge in [0.25, 0.3) is 0 Å². The van der Waals surface area contributed by atoms with E-state index < -0.39 is 0 Å². The maximum Gasteiger partial charge on any atom is 0.220 e. The standard InChI is InChI=1S/C18H19ClN2O2/c1-12-2-4-15(23-12)5-7-18(22)20-9-8-13-11-21-17-6-3-14(19)10-16(13)17/h2-4,6,10-11,21H,5,7-9H2,1H3,(H,20,22). The number of fused-ring (bicyclic) bond motifs is 1. The van der Waals surface area contributed by atoms with Gasteiger partial charge in [-0.3, -0.25) is 4.79 Å². The summed E-state index contributed by atoms with van der Waals surface area (Å²) in [6.07, 6.45) is 3.81. The Labute approximate surface area is 139 Å². The molecule has 2 N–H and O–H groups in total. The van der Waals surface area contributed by atoms with E-state index in [1.54, 1.807) is 0 Å². The summed E-state index contributed by atoms with van der Waals surface area (Å²) in [5.41, 5.74) is 2.22. The SMILES string of the molecule is Cc1ccc(CCC(=O)NCCc2c[nH]c3ccc(Cl)cc23)o1. The van der Waals surface area contributed by atoms with Crippen molar-refractivity contribution in [3.05, 3.63) is 58.6 Å². The zero-order valence-corrected chi connectivity index (χ0v) is 13.7. The highest BCUT2D eigenvalue weighted by Gasteiger charge is 2.07. The van der Waals surface area contributed by atoms with Gasteiger partial charge in [0.1, 0.15) is 11.5 Å². The van der Waals surface area contributed by atoms with Crippen LogP contribution >= 0.6 is 11.6 Å². The maximum absolute atomic E-state index is 11.9. The van der Waals surface area contributed by atoms with Crippen LogP contribution in [0.3, 0.4) is 0 Å². The molecule has 0 saturated heterocycles. The number of aryl methyl sites for hydroxylation is 2. The van der Waals surface area contributed by atoms with Crippen molar-refractivity contribution in [2.75, 3.05) is 6.54 Å². The van der Waals surface area contributed by atoms with Gasteiger partial charge in [0.15, 0.2) is 0 Å². The van der Waals surface area contributed by atoms with E-state index in [2.05, 4.69) is 10.3 Å². The number of furan rings is 1. The first-order valence-corrected chi connectivity index (χ1v) is 8.07. The minimum atomic E-state index is 0.0388. The van der Waals surface area contributed by atoms with Crippen LogP contribution < -0.4 is 5.32 Å². The molecule has 0 saturated carbocycles. The first-order valence-electron chi connectivity index (χ1n) is 7.69. The number of carbonyl (C=O) groups is 1. The van der Waals surface area contributed by atoms with Crippen LogP contribution in [0.15, 0.2) is 40.9 Å². The lowest BCUT2D eigenvalue weighted by molar-refractivity contribution is -0.121. The van der Waals surface area contributed by atoms with Gasteiger partial charge in [-0.25, -0.2) is 0 Å². The van der Waals surface area contributed by atoms with E-state index in [1.807, 2.05) is 43.5 Å². The van der Waals surface area contributed by atoms with Gasteiger partial charge in [0.2, 0.25) is 5.91 Å². The summed E-state index contributed by atoms with van der Waals surface area (Å²) >= 11 is 6.04. The van der Waals surface area contributed by atoms with Gasteiger partial charge in [-0.15, -0.1) is 0 Å². The van der Waals surface area contributed by atoms with Crippen LogP contribution in [0, 0.1) is 6.92 Å². The van der Waals surface area contributed by atoms with Crippen LogP contribution in [0.5, 0.6) is 0 Å². The molecule has 23 heavy (non-hydrogen) atoms. The first kappa shape index (κ1) is 15.7. The fourth-order valence-corrected chi connectivity index (χ4v) is 2.81. The van der Waals surface area contributed by atoms with Crippen molar-refractivity contribution in [1.82, 2.24) is 10.3 Å². The summed E-state index contributed by atoms with van der Waals surface area (Å²) in [5.74, 6) is 1.76. The quantitative estimate of drug-likeness (QED) is 0.717. The summed E-state index contributed by atoms with van der Waals surface area (Å²) in [4.78, 5) is 15.1. The van der Waals surface area contributed by atoms with Crippen molar-refractivity contribution < 1.29 is 9.21 Å². The average Bonchev–Trinajstić information content (AvgIpc) is 3.12. The number of amides is 1. The molecule has 1 aromatic carbocycles. The smallest absolute Gasteiger partial charge is 0.220 e. The minimum absolute atomic E-state index is 0.0388. The second-order valence-corrected chi connectivity index (χ2v) is 6.05. The highest BCUT2D eigenvalue weighted by atomic mass is 35.5. The lowest BCUT2D eigenvalue weighted by Crippen LogP contribution is -2.25. The van der Waals surface area contributed by atoms with E-state index in [1.165, 1.54) is 0 Å². The normalized spacial score (nSPS) is 11.0. The van der Waals surface area contributed by atoms with Gasteiger partial charge >= 0.3 is 0 Å². The van der Waals surface area contributed by atoms with Crippen LogP contribution in [0.1, 0.15) is 23.5 Å². The number of aromatic nitrogens is 1. The Morgan fingerprint density at radius 1 is 1.26 bits per heavy atom. The zero-order valence-electron chi connectivity index (χ0n) is 13.0. The molecular weight excluding hydrogens is 312 g/mol. The van der Waals surface area contributed by atoms with E-state index in [9.17, 15) is 4.79 Å². The summed E-state index contributed by atoms with van der Waals surface area (Å²) in [7, 11) is 0. The van der Waals surface area contributed by atoms with Crippen molar-refractivity contribution in [1.29, 1.82) is 0 Å². The average molecular weight is 331 g/mol. The van der Waals surface area contributed by atoms with Crippen LogP contribution in [-0.2, 0) is 17.6 Å². The zero-order chi connectivity index (χ0) is 16.2. The van der Waals surface area contributed by atoms with Crippen LogP contribution in [-0.4, -0.2) is 17.4 Å². The number of carbonyl (C=O) groups excluding carboxylic acids is 1. The number of halogens is 1. The molecule has 3 rings (SSSR count). The topological polar surface area (TPSA) is 58.0 Å². The minimum Gasteiger partial charge on any atom is -0.466 e. The molecular formula is C18H19ClN2O2. The number of hydrogen-bond acceptors (Lipinski definition) is 2. The fraction of sp³-hybridized carbons (Fsp3) is 0.278. The van der Waals surface area contributed by atoms with E-state index in [0.29, 0.717) is 19.4 Å². The third-order valence-electron chi connectivity index (χ3n) is 3.84. The predicted molar refractivity (Wildman–Crippen MR) is 91.8 cm³/mol. The van der Waals surface area contributed by atoms with Gasteiger partial charge < -0.3 is 14.7 Å². The molecule has 0 spiro atoms. The molecule has 0 radical (unpaired) electrons. The lowest BCUT2D eigenvalue weighted by atomic mass is 10.1. The molecule has 0 aliphatic heterocycles. The predicted octanol–water partition coefficient (Wildman–Crippen LogP) is 4.01. The molecule has 5 heteroatoms. The number of H-pyrrole nitrogens is 1. The summed E-state index contributed by atoms with van der Waals surface area (Å²) in [6, 6.07) is 9.60. The first-order chi connectivity index (χ1) is 11.1. The molecule has 2 aromatic heterocycles. The summed E-state index contributed by atoms with van der Waals surface area (Å²) < 4.78 is 5.46. The van der Waals surface area contributed by atoms with Crippen molar-refractivity contribution in [3.63, 3.8) is 0 Å². The fourth-order valence-electron chi connectivity index (χ4n) is 2.64. The highest BCUT2D eigenvalue weighted by Crippen LogP contribution is 2.22. The van der Waals surface area contributed by atoms with E-state index >= 15 is 0 Å². The van der Waals surface area contributed by atoms with Gasteiger partial charge in [-0.05, 0) is 49.2 Å². The van der Waals surface area contributed by atoms with Gasteiger partial charge in [0.05, 0.1) is 0 Å². The molecule has 0 aliphatic carbocycles. The third kappa shape index (κ3) is 3.96. The second kappa shape index (κ2) is 6.92. The van der Waals surface area contributed by atoms with Gasteiger partial charge in [-0.1, -0.05) is 11.6 Å². The van der Waals surface area contributed by atoms with Crippen LogP contribution in [0.4, 0.5) is 0 Å². The third-order valence-corrected chi connectivity index (χ3v) is 4.08. The highest BCUT2D eigenvalue weighted by molar-refractivity contribution is 6.31. The van der Waals surface area contributed by atoms with E-state index in [0.717, 1.165) is 39.4 Å². The Bertz CT molecular complexity index is 819. The Kier molecular flexibility index (Phi) is 4.72. The lowest BCUT2D eigenvalue weighted by Gasteiger charge is -2.04.